The van der Waals surface area contributed by atoms with E-state index in [1.165, 1.54) is 6.07 Å². The molecule has 1 aromatic carbocycles. The highest BCUT2D eigenvalue weighted by molar-refractivity contribution is 6.30. The molecule has 3 rings (SSSR count). The molecule has 5 nitrogen and oxygen atoms in total. The van der Waals surface area contributed by atoms with E-state index >= 15 is 0 Å². The fourth-order valence-electron chi connectivity index (χ4n) is 3.34. The molecule has 1 N–H and O–H groups in total. The molecule has 2 aliphatic rings. The zero-order valence-electron chi connectivity index (χ0n) is 10.3. The fraction of sp³-hybridized carbons (Fsp3) is 0.538. The number of hydrogen-bond acceptors (Lipinski definition) is 4. The number of aliphatic hydroxyl groups is 1. The maximum absolute atomic E-state index is 11.1. The van der Waals surface area contributed by atoms with Crippen LogP contribution >= 0.6 is 11.6 Å². The van der Waals surface area contributed by atoms with E-state index in [0.717, 1.165) is 19.4 Å². The smallest absolute Gasteiger partial charge is 0.294 e. The number of nitro groups is 1. The number of hydrogen-bond donors (Lipinski definition) is 1. The predicted molar refractivity (Wildman–Crippen MR) is 72.5 cm³/mol. The van der Waals surface area contributed by atoms with Gasteiger partial charge in [-0.1, -0.05) is 11.6 Å². The van der Waals surface area contributed by atoms with Crippen molar-refractivity contribution >= 4 is 23.0 Å². The Morgan fingerprint density at radius 2 is 2.16 bits per heavy atom. The second kappa shape index (κ2) is 4.65. The van der Waals surface area contributed by atoms with Gasteiger partial charge < -0.3 is 10.0 Å². The minimum absolute atomic E-state index is 0.0435. The topological polar surface area (TPSA) is 66.6 Å². The highest BCUT2D eigenvalue weighted by atomic mass is 35.5. The normalized spacial score (nSPS) is 29.6. The molecule has 0 bridgehead atoms. The van der Waals surface area contributed by atoms with E-state index in [4.69, 9.17) is 11.6 Å². The molecule has 0 aromatic heterocycles. The predicted octanol–water partition coefficient (Wildman–Crippen LogP) is 2.46. The van der Waals surface area contributed by atoms with Gasteiger partial charge in [-0.3, -0.25) is 10.1 Å². The van der Waals surface area contributed by atoms with Gasteiger partial charge in [-0.15, -0.1) is 0 Å². The molecule has 1 saturated heterocycles. The number of benzene rings is 1. The molecule has 1 heterocycles. The molecule has 1 saturated carbocycles. The molecule has 0 radical (unpaired) electrons. The van der Waals surface area contributed by atoms with Crippen LogP contribution in [0.2, 0.25) is 5.02 Å². The summed E-state index contributed by atoms with van der Waals surface area (Å²) in [5.74, 6) is 0.695. The average Bonchev–Trinajstić information content (AvgIpc) is 2.92. The third kappa shape index (κ3) is 2.17. The molecule has 1 aliphatic heterocycles. The van der Waals surface area contributed by atoms with E-state index in [-0.39, 0.29) is 17.7 Å². The summed E-state index contributed by atoms with van der Waals surface area (Å²) in [5, 5.41) is 21.4. The Labute approximate surface area is 115 Å². The van der Waals surface area contributed by atoms with Gasteiger partial charge in [0.25, 0.3) is 5.69 Å². The third-order valence-electron chi connectivity index (χ3n) is 4.29. The monoisotopic (exact) mass is 282 g/mol. The van der Waals surface area contributed by atoms with E-state index in [0.29, 0.717) is 23.2 Å². The summed E-state index contributed by atoms with van der Waals surface area (Å²) in [7, 11) is 0. The molecule has 19 heavy (non-hydrogen) atoms. The van der Waals surface area contributed by atoms with Crippen LogP contribution in [0.1, 0.15) is 12.8 Å². The SMILES string of the molecule is O=[N+]([O-])c1cc(Cl)ccc1N1CC2CCC(O)C2C1. The van der Waals surface area contributed by atoms with Gasteiger partial charge in [-0.05, 0) is 30.9 Å². The Bertz CT molecular complexity index is 523. The summed E-state index contributed by atoms with van der Waals surface area (Å²) >= 11 is 5.82. The first-order chi connectivity index (χ1) is 9.06. The van der Waals surface area contributed by atoms with Gasteiger partial charge in [0.05, 0.1) is 11.0 Å². The second-order valence-corrected chi connectivity index (χ2v) is 5.80. The number of halogens is 1. The quantitative estimate of drug-likeness (QED) is 0.668. The molecule has 3 unspecified atom stereocenters. The van der Waals surface area contributed by atoms with E-state index in [9.17, 15) is 15.2 Å². The van der Waals surface area contributed by atoms with E-state index in [1.54, 1.807) is 12.1 Å². The summed E-state index contributed by atoms with van der Waals surface area (Å²) < 4.78 is 0. The molecule has 6 heteroatoms. The van der Waals surface area contributed by atoms with Gasteiger partial charge in [0.1, 0.15) is 5.69 Å². The van der Waals surface area contributed by atoms with Crippen molar-refractivity contribution in [3.8, 4) is 0 Å². The van der Waals surface area contributed by atoms with E-state index < -0.39 is 4.92 Å². The first-order valence-electron chi connectivity index (χ1n) is 6.43. The van der Waals surface area contributed by atoms with Crippen molar-refractivity contribution in [2.45, 2.75) is 18.9 Å². The first-order valence-corrected chi connectivity index (χ1v) is 6.81. The molecule has 102 valence electrons. The van der Waals surface area contributed by atoms with Crippen molar-refractivity contribution in [1.29, 1.82) is 0 Å². The maximum atomic E-state index is 11.1. The van der Waals surface area contributed by atoms with Crippen LogP contribution in [-0.2, 0) is 0 Å². The van der Waals surface area contributed by atoms with E-state index in [1.807, 2.05) is 4.90 Å². The minimum atomic E-state index is -0.397. The van der Waals surface area contributed by atoms with Gasteiger partial charge in [0.2, 0.25) is 0 Å². The van der Waals surface area contributed by atoms with Crippen LogP contribution in [0.3, 0.4) is 0 Å². The largest absolute Gasteiger partial charge is 0.393 e. The molecule has 1 aliphatic carbocycles. The number of anilines is 1. The van der Waals surface area contributed by atoms with Crippen molar-refractivity contribution in [3.05, 3.63) is 33.3 Å². The van der Waals surface area contributed by atoms with Crippen LogP contribution in [0.15, 0.2) is 18.2 Å². The Balaban J connectivity index is 1.90. The number of aliphatic hydroxyl groups excluding tert-OH is 1. The van der Waals surface area contributed by atoms with Crippen molar-refractivity contribution in [3.63, 3.8) is 0 Å². The lowest BCUT2D eigenvalue weighted by Gasteiger charge is -2.20. The van der Waals surface area contributed by atoms with Crippen LogP contribution in [-0.4, -0.2) is 29.2 Å². The molecular weight excluding hydrogens is 268 g/mol. The Hall–Kier alpha value is -1.33. The second-order valence-electron chi connectivity index (χ2n) is 5.36. The summed E-state index contributed by atoms with van der Waals surface area (Å²) in [5.41, 5.74) is 0.651. The fourth-order valence-corrected chi connectivity index (χ4v) is 3.51. The third-order valence-corrected chi connectivity index (χ3v) is 4.53. The van der Waals surface area contributed by atoms with Crippen molar-refractivity contribution in [2.75, 3.05) is 18.0 Å². The number of fused-ring (bicyclic) bond motifs is 1. The minimum Gasteiger partial charge on any atom is -0.393 e. The lowest BCUT2D eigenvalue weighted by molar-refractivity contribution is -0.384. The van der Waals surface area contributed by atoms with Gasteiger partial charge in [-0.25, -0.2) is 0 Å². The molecule has 0 spiro atoms. The number of rotatable bonds is 2. The van der Waals surface area contributed by atoms with Crippen LogP contribution in [0.4, 0.5) is 11.4 Å². The lowest BCUT2D eigenvalue weighted by Crippen LogP contribution is -2.25. The van der Waals surface area contributed by atoms with Gasteiger partial charge in [0.15, 0.2) is 0 Å². The lowest BCUT2D eigenvalue weighted by atomic mass is 10.00. The highest BCUT2D eigenvalue weighted by Gasteiger charge is 2.43. The summed E-state index contributed by atoms with van der Waals surface area (Å²) in [6.07, 6.45) is 1.59. The standard InChI is InChI=1S/C13H15ClN2O3/c14-9-2-3-11(12(5-9)16(18)19)15-6-8-1-4-13(17)10(8)7-15/h2-3,5,8,10,13,17H,1,4,6-7H2. The summed E-state index contributed by atoms with van der Waals surface area (Å²) in [6.45, 7) is 1.47. The maximum Gasteiger partial charge on any atom is 0.294 e. The molecular formula is C13H15ClN2O3. The summed E-state index contributed by atoms with van der Waals surface area (Å²) in [4.78, 5) is 12.7. The van der Waals surface area contributed by atoms with Gasteiger partial charge in [0, 0.05) is 30.1 Å². The van der Waals surface area contributed by atoms with Gasteiger partial charge in [-0.2, -0.15) is 0 Å². The van der Waals surface area contributed by atoms with E-state index in [2.05, 4.69) is 0 Å². The Kier molecular flexibility index (Phi) is 3.11. The van der Waals surface area contributed by atoms with Crippen molar-refractivity contribution < 1.29 is 10.0 Å². The van der Waals surface area contributed by atoms with Crippen LogP contribution in [0.25, 0.3) is 0 Å². The zero-order valence-corrected chi connectivity index (χ0v) is 11.1. The Morgan fingerprint density at radius 3 is 2.84 bits per heavy atom. The zero-order chi connectivity index (χ0) is 13.6. The van der Waals surface area contributed by atoms with Crippen LogP contribution in [0.5, 0.6) is 0 Å². The summed E-state index contributed by atoms with van der Waals surface area (Å²) in [6, 6.07) is 4.77. The molecule has 2 fully saturated rings. The van der Waals surface area contributed by atoms with Crippen molar-refractivity contribution in [2.24, 2.45) is 11.8 Å². The van der Waals surface area contributed by atoms with Gasteiger partial charge >= 0.3 is 0 Å². The highest BCUT2D eigenvalue weighted by Crippen LogP contribution is 2.42. The average molecular weight is 283 g/mol. The molecule has 1 aromatic rings. The van der Waals surface area contributed by atoms with Crippen LogP contribution in [0, 0.1) is 22.0 Å². The molecule has 0 amide bonds. The number of nitro benzene ring substituents is 1. The first kappa shape index (κ1) is 12.7. The molecule has 3 atom stereocenters. The van der Waals surface area contributed by atoms with Crippen LogP contribution < -0.4 is 4.90 Å². The van der Waals surface area contributed by atoms with Crippen molar-refractivity contribution in [1.82, 2.24) is 0 Å². The Morgan fingerprint density at radius 1 is 1.37 bits per heavy atom. The number of nitrogens with zero attached hydrogens (tertiary/aromatic N) is 2.